The summed E-state index contributed by atoms with van der Waals surface area (Å²) in [7, 11) is 0. The van der Waals surface area contributed by atoms with Crippen LogP contribution in [0.5, 0.6) is 0 Å². The van der Waals surface area contributed by atoms with Crippen LogP contribution < -0.4 is 0 Å². The van der Waals surface area contributed by atoms with E-state index in [1.54, 1.807) is 0 Å². The maximum Gasteiger partial charge on any atom is 0.157 e. The van der Waals surface area contributed by atoms with Gasteiger partial charge in [0.25, 0.3) is 0 Å². The first kappa shape index (κ1) is 15.5. The molecule has 1 aliphatic heterocycles. The van der Waals surface area contributed by atoms with Crippen LogP contribution in [0, 0.1) is 11.8 Å². The lowest BCUT2D eigenvalue weighted by Crippen LogP contribution is -2.26. The molecule has 3 nitrogen and oxygen atoms in total. The molecule has 0 amide bonds. The van der Waals surface area contributed by atoms with Crippen molar-refractivity contribution in [2.75, 3.05) is 13.2 Å². The highest BCUT2D eigenvalue weighted by Crippen LogP contribution is 2.13. The van der Waals surface area contributed by atoms with Gasteiger partial charge >= 0.3 is 0 Å². The van der Waals surface area contributed by atoms with Crippen molar-refractivity contribution in [1.29, 1.82) is 0 Å². The van der Waals surface area contributed by atoms with Gasteiger partial charge in [0.2, 0.25) is 0 Å². The summed E-state index contributed by atoms with van der Waals surface area (Å²) >= 11 is 0. The average Bonchev–Trinajstić information content (AvgIpc) is 2.41. The highest BCUT2D eigenvalue weighted by atomic mass is 16.7. The topological polar surface area (TPSA) is 38.7 Å². The summed E-state index contributed by atoms with van der Waals surface area (Å²) in [6, 6.07) is 0. The molecule has 0 aliphatic carbocycles. The Morgan fingerprint density at radius 2 is 2.22 bits per heavy atom. The van der Waals surface area contributed by atoms with Crippen LogP contribution >= 0.6 is 0 Å². The molecule has 1 fully saturated rings. The number of ether oxygens (including phenoxy) is 2. The van der Waals surface area contributed by atoms with E-state index in [0.29, 0.717) is 13.0 Å². The molecule has 1 rings (SSSR count). The van der Waals surface area contributed by atoms with Crippen molar-refractivity contribution in [2.24, 2.45) is 0 Å². The Hall–Kier alpha value is -0.560. The molecule has 0 spiro atoms. The van der Waals surface area contributed by atoms with Gasteiger partial charge in [0.1, 0.15) is 0 Å². The zero-order valence-corrected chi connectivity index (χ0v) is 11.5. The van der Waals surface area contributed by atoms with Crippen LogP contribution in [0.2, 0.25) is 0 Å². The Morgan fingerprint density at radius 3 is 2.94 bits per heavy atom. The molecule has 0 radical (unpaired) electrons. The van der Waals surface area contributed by atoms with Crippen LogP contribution in [-0.4, -0.2) is 30.7 Å². The largest absolute Gasteiger partial charge is 0.390 e. The van der Waals surface area contributed by atoms with Gasteiger partial charge in [0.05, 0.1) is 12.7 Å². The summed E-state index contributed by atoms with van der Waals surface area (Å²) in [4.78, 5) is 0. The van der Waals surface area contributed by atoms with Gasteiger partial charge in [-0.3, -0.25) is 0 Å². The highest BCUT2D eigenvalue weighted by molar-refractivity contribution is 5.00. The lowest BCUT2D eigenvalue weighted by molar-refractivity contribution is -0.174. The van der Waals surface area contributed by atoms with Crippen molar-refractivity contribution in [3.8, 4) is 11.8 Å². The molecule has 1 aliphatic rings. The van der Waals surface area contributed by atoms with E-state index >= 15 is 0 Å². The van der Waals surface area contributed by atoms with Crippen LogP contribution in [0.3, 0.4) is 0 Å². The van der Waals surface area contributed by atoms with Crippen LogP contribution in [0.1, 0.15) is 58.3 Å². The molecule has 3 heteroatoms. The Balaban J connectivity index is 2.00. The first-order chi connectivity index (χ1) is 8.83. The molecule has 0 aromatic heterocycles. The Bertz CT molecular complexity index is 248. The predicted octanol–water partition coefficient (Wildman–Crippen LogP) is 2.86. The fourth-order valence-corrected chi connectivity index (χ4v) is 1.86. The Morgan fingerprint density at radius 1 is 1.33 bits per heavy atom. The van der Waals surface area contributed by atoms with Gasteiger partial charge in [0, 0.05) is 19.4 Å². The van der Waals surface area contributed by atoms with E-state index in [9.17, 15) is 5.11 Å². The molecule has 1 heterocycles. The van der Waals surface area contributed by atoms with E-state index < -0.39 is 6.10 Å². The van der Waals surface area contributed by atoms with E-state index in [-0.39, 0.29) is 6.29 Å². The number of hydrogen-bond donors (Lipinski definition) is 1. The average molecular weight is 254 g/mol. The van der Waals surface area contributed by atoms with Crippen molar-refractivity contribution in [1.82, 2.24) is 0 Å². The van der Waals surface area contributed by atoms with Crippen LogP contribution in [-0.2, 0) is 9.47 Å². The summed E-state index contributed by atoms with van der Waals surface area (Å²) in [5.74, 6) is 6.10. The minimum Gasteiger partial charge on any atom is -0.390 e. The lowest BCUT2D eigenvalue weighted by Gasteiger charge is -2.23. The van der Waals surface area contributed by atoms with Crippen molar-refractivity contribution in [3.63, 3.8) is 0 Å². The minimum absolute atomic E-state index is 0.120. The molecule has 0 aromatic rings. The summed E-state index contributed by atoms with van der Waals surface area (Å²) in [6.07, 6.45) is 7.65. The fraction of sp³-hybridized carbons (Fsp3) is 0.867. The van der Waals surface area contributed by atoms with Crippen LogP contribution in [0.25, 0.3) is 0 Å². The Labute approximate surface area is 111 Å². The third-order valence-electron chi connectivity index (χ3n) is 2.98. The summed E-state index contributed by atoms with van der Waals surface area (Å²) in [5.41, 5.74) is 0. The molecule has 0 saturated carbocycles. The SMILES string of the molecule is CCCCCC#CC[C@@H](O)COC1CCCCO1. The first-order valence-corrected chi connectivity index (χ1v) is 7.20. The van der Waals surface area contributed by atoms with Gasteiger partial charge in [-0.2, -0.15) is 0 Å². The number of unbranched alkanes of at least 4 members (excludes halogenated alkanes) is 3. The number of aliphatic hydroxyl groups is 1. The predicted molar refractivity (Wildman–Crippen MR) is 72.1 cm³/mol. The smallest absolute Gasteiger partial charge is 0.157 e. The van der Waals surface area contributed by atoms with Gasteiger partial charge in [-0.1, -0.05) is 19.8 Å². The van der Waals surface area contributed by atoms with E-state index in [4.69, 9.17) is 9.47 Å². The fourth-order valence-electron chi connectivity index (χ4n) is 1.86. The zero-order valence-electron chi connectivity index (χ0n) is 11.5. The van der Waals surface area contributed by atoms with Crippen molar-refractivity contribution < 1.29 is 14.6 Å². The maximum absolute atomic E-state index is 9.70. The van der Waals surface area contributed by atoms with E-state index in [0.717, 1.165) is 38.7 Å². The van der Waals surface area contributed by atoms with E-state index in [1.807, 2.05) is 0 Å². The van der Waals surface area contributed by atoms with Gasteiger partial charge in [-0.15, -0.1) is 11.8 Å². The van der Waals surface area contributed by atoms with Crippen molar-refractivity contribution >= 4 is 0 Å². The third kappa shape index (κ3) is 7.71. The molecular formula is C15H26O3. The molecule has 104 valence electrons. The number of rotatable bonds is 7. The van der Waals surface area contributed by atoms with Gasteiger partial charge in [0.15, 0.2) is 6.29 Å². The maximum atomic E-state index is 9.70. The van der Waals surface area contributed by atoms with E-state index in [1.165, 1.54) is 12.8 Å². The van der Waals surface area contributed by atoms with Crippen LogP contribution in [0.4, 0.5) is 0 Å². The molecule has 1 unspecified atom stereocenters. The highest BCUT2D eigenvalue weighted by Gasteiger charge is 2.15. The molecular weight excluding hydrogens is 228 g/mol. The normalized spacial score (nSPS) is 21.1. The quantitative estimate of drug-likeness (QED) is 0.561. The summed E-state index contributed by atoms with van der Waals surface area (Å²) in [6.45, 7) is 3.29. The first-order valence-electron chi connectivity index (χ1n) is 7.20. The van der Waals surface area contributed by atoms with Gasteiger partial charge < -0.3 is 14.6 Å². The van der Waals surface area contributed by atoms with Gasteiger partial charge in [-0.05, 0) is 25.7 Å². The summed E-state index contributed by atoms with van der Waals surface area (Å²) in [5, 5.41) is 9.70. The summed E-state index contributed by atoms with van der Waals surface area (Å²) < 4.78 is 10.9. The second kappa shape index (κ2) is 10.4. The monoisotopic (exact) mass is 254 g/mol. The number of hydrogen-bond acceptors (Lipinski definition) is 3. The van der Waals surface area contributed by atoms with Crippen LogP contribution in [0.15, 0.2) is 0 Å². The van der Waals surface area contributed by atoms with E-state index in [2.05, 4.69) is 18.8 Å². The second-order valence-electron chi connectivity index (χ2n) is 4.80. The van der Waals surface area contributed by atoms with Crippen molar-refractivity contribution in [2.45, 2.75) is 70.7 Å². The van der Waals surface area contributed by atoms with Crippen molar-refractivity contribution in [3.05, 3.63) is 0 Å². The van der Waals surface area contributed by atoms with Gasteiger partial charge in [-0.25, -0.2) is 0 Å². The molecule has 1 saturated heterocycles. The third-order valence-corrected chi connectivity index (χ3v) is 2.98. The molecule has 0 bridgehead atoms. The minimum atomic E-state index is -0.491. The second-order valence-corrected chi connectivity index (χ2v) is 4.80. The number of aliphatic hydroxyl groups excluding tert-OH is 1. The Kier molecular flexibility index (Phi) is 8.93. The molecule has 0 aromatic carbocycles. The lowest BCUT2D eigenvalue weighted by atomic mass is 10.2. The standard InChI is InChI=1S/C15H26O3/c1-2-3-4-5-6-7-10-14(16)13-18-15-11-8-9-12-17-15/h14-16H,2-5,8-13H2,1H3/t14-,15?/m1/s1. The zero-order chi connectivity index (χ0) is 13.1. The molecule has 18 heavy (non-hydrogen) atoms. The molecule has 2 atom stereocenters. The molecule has 1 N–H and O–H groups in total.